The summed E-state index contributed by atoms with van der Waals surface area (Å²) in [6.45, 7) is 0.303. The topological polar surface area (TPSA) is 78.4 Å². The molecule has 0 aliphatic carbocycles. The second kappa shape index (κ2) is 9.09. The number of benzene rings is 3. The lowest BCUT2D eigenvalue weighted by atomic mass is 10.1. The molecule has 1 atom stereocenters. The zero-order valence-electron chi connectivity index (χ0n) is 14.7. The lowest BCUT2D eigenvalue weighted by Gasteiger charge is -2.15. The van der Waals surface area contributed by atoms with Crippen LogP contribution in [-0.4, -0.2) is 11.5 Å². The maximum absolute atomic E-state index is 11.1. The highest BCUT2D eigenvalue weighted by molar-refractivity contribution is 7.99. The molecule has 3 rings (SSSR count). The molecule has 0 saturated heterocycles. The van der Waals surface area contributed by atoms with E-state index >= 15 is 0 Å². The van der Waals surface area contributed by atoms with Crippen molar-refractivity contribution in [3.05, 3.63) is 100 Å². The largest absolute Gasteiger partial charge is 0.489 e. The summed E-state index contributed by atoms with van der Waals surface area (Å²) in [6, 6.07) is 24.8. The average Bonchev–Trinajstić information content (AvgIpc) is 2.68. The molecule has 0 aliphatic heterocycles. The number of nitrogens with zero attached hydrogens (tertiary/aromatic N) is 1. The molecule has 5 nitrogen and oxygen atoms in total. The van der Waals surface area contributed by atoms with Crippen LogP contribution in [0.3, 0.4) is 0 Å². The molecule has 3 aromatic carbocycles. The summed E-state index contributed by atoms with van der Waals surface area (Å²) in [6.07, 6.45) is 0. The Morgan fingerprint density at radius 3 is 2.30 bits per heavy atom. The van der Waals surface area contributed by atoms with Crippen molar-refractivity contribution in [2.24, 2.45) is 0 Å². The van der Waals surface area contributed by atoms with E-state index in [1.807, 2.05) is 72.8 Å². The van der Waals surface area contributed by atoms with Crippen LogP contribution < -0.4 is 10.5 Å². The summed E-state index contributed by atoms with van der Waals surface area (Å²) >= 11 is 1.41. The molecule has 0 amide bonds. The second-order valence-electron chi connectivity index (χ2n) is 6.00. The predicted octanol–water partition coefficient (Wildman–Crippen LogP) is 4.96. The van der Waals surface area contributed by atoms with Gasteiger partial charge in [-0.15, -0.1) is 11.8 Å². The molecule has 27 heavy (non-hydrogen) atoms. The first-order valence-corrected chi connectivity index (χ1v) is 9.39. The molecule has 0 aromatic heterocycles. The van der Waals surface area contributed by atoms with E-state index in [0.717, 1.165) is 21.8 Å². The Hall–Kier alpha value is -2.99. The molecule has 138 valence electrons. The Labute approximate surface area is 162 Å². The normalized spacial score (nSPS) is 11.7. The summed E-state index contributed by atoms with van der Waals surface area (Å²) in [4.78, 5) is 11.7. The first kappa shape index (κ1) is 18.8. The number of nitrogens with two attached hydrogens (primary N) is 1. The molecule has 3 aromatic rings. The number of para-hydroxylation sites is 1. The fraction of sp³-hybridized carbons (Fsp3) is 0.143. The highest BCUT2D eigenvalue weighted by atomic mass is 32.2. The molecule has 0 saturated carbocycles. The summed E-state index contributed by atoms with van der Waals surface area (Å²) in [5.74, 6) is 0.728. The third-order valence-electron chi connectivity index (χ3n) is 4.00. The van der Waals surface area contributed by atoms with Gasteiger partial charge in [-0.05, 0) is 35.4 Å². The second-order valence-corrected chi connectivity index (χ2v) is 7.25. The maximum Gasteiger partial charge on any atom is 0.220 e. The number of anilines is 1. The van der Waals surface area contributed by atoms with Crippen LogP contribution >= 0.6 is 11.8 Å². The van der Waals surface area contributed by atoms with Gasteiger partial charge in [0.05, 0.1) is 5.25 Å². The van der Waals surface area contributed by atoms with E-state index in [2.05, 4.69) is 0 Å². The van der Waals surface area contributed by atoms with E-state index in [0.29, 0.717) is 12.3 Å². The maximum atomic E-state index is 11.1. The monoisotopic (exact) mass is 380 g/mol. The van der Waals surface area contributed by atoms with Gasteiger partial charge in [-0.2, -0.15) is 0 Å². The van der Waals surface area contributed by atoms with Gasteiger partial charge in [-0.1, -0.05) is 54.6 Å². The molecule has 0 aliphatic rings. The molecule has 6 heteroatoms. The number of nitrogen functional groups attached to an aromatic ring is 1. The van der Waals surface area contributed by atoms with Gasteiger partial charge < -0.3 is 10.5 Å². The molecule has 1 unspecified atom stereocenters. The Morgan fingerprint density at radius 2 is 1.63 bits per heavy atom. The minimum atomic E-state index is -0.326. The predicted molar refractivity (Wildman–Crippen MR) is 109 cm³/mol. The number of hydrogen-bond donors (Lipinski definition) is 1. The molecule has 0 heterocycles. The lowest BCUT2D eigenvalue weighted by molar-refractivity contribution is -0.479. The minimum absolute atomic E-state index is 0.177. The number of rotatable bonds is 8. The van der Waals surface area contributed by atoms with Gasteiger partial charge >= 0.3 is 0 Å². The zero-order chi connectivity index (χ0) is 19.1. The van der Waals surface area contributed by atoms with E-state index in [4.69, 9.17) is 10.5 Å². The van der Waals surface area contributed by atoms with Crippen LogP contribution in [-0.2, 0) is 6.61 Å². The van der Waals surface area contributed by atoms with E-state index < -0.39 is 0 Å². The Morgan fingerprint density at radius 1 is 0.963 bits per heavy atom. The van der Waals surface area contributed by atoms with Crippen molar-refractivity contribution in [3.63, 3.8) is 0 Å². The third-order valence-corrected chi connectivity index (χ3v) is 5.33. The van der Waals surface area contributed by atoms with Crippen molar-refractivity contribution in [2.75, 3.05) is 12.3 Å². The fourth-order valence-electron chi connectivity index (χ4n) is 2.61. The van der Waals surface area contributed by atoms with Crippen LogP contribution in [0.4, 0.5) is 5.69 Å². The van der Waals surface area contributed by atoms with E-state index in [-0.39, 0.29) is 16.7 Å². The van der Waals surface area contributed by atoms with Gasteiger partial charge in [0.1, 0.15) is 12.4 Å². The Kier molecular flexibility index (Phi) is 6.33. The van der Waals surface area contributed by atoms with E-state index in [9.17, 15) is 10.1 Å². The molecular formula is C21H20N2O3S. The number of nitro groups is 1. The van der Waals surface area contributed by atoms with Crippen molar-refractivity contribution in [1.82, 2.24) is 0 Å². The highest BCUT2D eigenvalue weighted by Gasteiger charge is 2.20. The standard InChI is InChI=1S/C21H20N2O3S/c22-19-8-4-5-9-20(19)27-21(14-23(24)25)17-10-12-18(13-11-17)26-15-16-6-2-1-3-7-16/h1-13,21H,14-15,22H2. The first-order chi connectivity index (χ1) is 13.1. The summed E-state index contributed by atoms with van der Waals surface area (Å²) in [7, 11) is 0. The average molecular weight is 380 g/mol. The molecule has 2 N–H and O–H groups in total. The van der Waals surface area contributed by atoms with Gasteiger partial charge in [-0.25, -0.2) is 0 Å². The molecule has 0 spiro atoms. The van der Waals surface area contributed by atoms with Gasteiger partial charge in [0, 0.05) is 15.5 Å². The fourth-order valence-corrected chi connectivity index (χ4v) is 3.76. The van der Waals surface area contributed by atoms with Crippen LogP contribution in [0, 0.1) is 10.1 Å². The van der Waals surface area contributed by atoms with Crippen molar-refractivity contribution < 1.29 is 9.66 Å². The van der Waals surface area contributed by atoms with Crippen LogP contribution in [0.5, 0.6) is 5.75 Å². The molecular weight excluding hydrogens is 360 g/mol. The summed E-state index contributed by atoms with van der Waals surface area (Å²) in [5, 5.41) is 10.8. The highest BCUT2D eigenvalue weighted by Crippen LogP contribution is 2.38. The van der Waals surface area contributed by atoms with E-state index in [1.165, 1.54) is 11.8 Å². The quantitative estimate of drug-likeness (QED) is 0.259. The van der Waals surface area contributed by atoms with Crippen LogP contribution in [0.1, 0.15) is 16.4 Å². The summed E-state index contributed by atoms with van der Waals surface area (Å²) in [5.41, 5.74) is 8.56. The van der Waals surface area contributed by atoms with Gasteiger partial charge in [0.2, 0.25) is 6.54 Å². The number of thioether (sulfide) groups is 1. The molecule has 0 fully saturated rings. The van der Waals surface area contributed by atoms with Crippen molar-refractivity contribution in [3.8, 4) is 5.75 Å². The zero-order valence-corrected chi connectivity index (χ0v) is 15.5. The van der Waals surface area contributed by atoms with Crippen molar-refractivity contribution >= 4 is 17.4 Å². The molecule has 0 bridgehead atoms. The SMILES string of the molecule is Nc1ccccc1SC(C[N+](=O)[O-])c1ccc(OCc2ccccc2)cc1. The minimum Gasteiger partial charge on any atom is -0.489 e. The van der Waals surface area contributed by atoms with Crippen LogP contribution in [0.15, 0.2) is 83.8 Å². The van der Waals surface area contributed by atoms with Gasteiger partial charge in [0.25, 0.3) is 0 Å². The van der Waals surface area contributed by atoms with Crippen LogP contribution in [0.25, 0.3) is 0 Å². The first-order valence-electron chi connectivity index (χ1n) is 8.51. The number of hydrogen-bond acceptors (Lipinski definition) is 5. The van der Waals surface area contributed by atoms with Gasteiger partial charge in [0.15, 0.2) is 0 Å². The third kappa shape index (κ3) is 5.49. The summed E-state index contributed by atoms with van der Waals surface area (Å²) < 4.78 is 5.78. The van der Waals surface area contributed by atoms with E-state index in [1.54, 1.807) is 6.07 Å². The Balaban J connectivity index is 1.71. The smallest absolute Gasteiger partial charge is 0.220 e. The van der Waals surface area contributed by atoms with Crippen molar-refractivity contribution in [1.29, 1.82) is 0 Å². The molecule has 0 radical (unpaired) electrons. The lowest BCUT2D eigenvalue weighted by Crippen LogP contribution is -2.10. The van der Waals surface area contributed by atoms with Crippen LogP contribution in [0.2, 0.25) is 0 Å². The van der Waals surface area contributed by atoms with Crippen molar-refractivity contribution in [2.45, 2.75) is 16.8 Å². The number of ether oxygens (including phenoxy) is 1. The van der Waals surface area contributed by atoms with Gasteiger partial charge in [-0.3, -0.25) is 10.1 Å². The Bertz CT molecular complexity index is 885.